The minimum atomic E-state index is 0. The molecule has 5 heteroatoms. The summed E-state index contributed by atoms with van der Waals surface area (Å²) in [5.74, 6) is 0. The first-order chi connectivity index (χ1) is 2.50. The van der Waals surface area contributed by atoms with Crippen LogP contribution in [0.3, 0.4) is 0 Å². The molecule has 0 aromatic rings. The third-order valence-corrected chi connectivity index (χ3v) is 0.827. The van der Waals surface area contributed by atoms with E-state index in [0.717, 1.165) is 13.2 Å². The summed E-state index contributed by atoms with van der Waals surface area (Å²) in [5.41, 5.74) is 0. The van der Waals surface area contributed by atoms with Gasteiger partial charge in [0.15, 0.2) is 0 Å². The molecule has 0 saturated carbocycles. The third-order valence-electron chi connectivity index (χ3n) is 0.827. The smallest absolute Gasteiger partial charge is 0.870 e. The Morgan fingerprint density at radius 3 is 1.22 bits per heavy atom. The zero-order valence-corrected chi connectivity index (χ0v) is 10.1. The van der Waals surface area contributed by atoms with E-state index >= 15 is 0 Å². The SMILES string of the molecule is C1CCOC1.[Na+].[Na+].[OH-].[OH-]. The zero-order chi connectivity index (χ0) is 3.54. The van der Waals surface area contributed by atoms with Crippen molar-refractivity contribution in [3.63, 3.8) is 0 Å². The van der Waals surface area contributed by atoms with E-state index in [1.54, 1.807) is 0 Å². The first-order valence-electron chi connectivity index (χ1n) is 2.08. The van der Waals surface area contributed by atoms with Crippen molar-refractivity contribution < 1.29 is 74.8 Å². The van der Waals surface area contributed by atoms with Gasteiger partial charge < -0.3 is 15.7 Å². The minimum Gasteiger partial charge on any atom is -0.870 e. The maximum atomic E-state index is 4.94. The van der Waals surface area contributed by atoms with Crippen LogP contribution in [0.1, 0.15) is 12.8 Å². The van der Waals surface area contributed by atoms with Crippen LogP contribution in [-0.4, -0.2) is 24.2 Å². The molecule has 2 N–H and O–H groups in total. The molecule has 1 heterocycles. The van der Waals surface area contributed by atoms with Crippen molar-refractivity contribution in [3.8, 4) is 0 Å². The van der Waals surface area contributed by atoms with E-state index < -0.39 is 0 Å². The molecule has 0 aliphatic carbocycles. The molecule has 0 aromatic carbocycles. The molecule has 9 heavy (non-hydrogen) atoms. The summed E-state index contributed by atoms with van der Waals surface area (Å²) in [7, 11) is 0. The van der Waals surface area contributed by atoms with Crippen molar-refractivity contribution in [2.75, 3.05) is 13.2 Å². The second kappa shape index (κ2) is 16.5. The largest absolute Gasteiger partial charge is 1.00 e. The Kier molecular flexibility index (Phi) is 41.0. The van der Waals surface area contributed by atoms with Crippen molar-refractivity contribution in [1.82, 2.24) is 0 Å². The molecular formula is C4H10Na2O3. The van der Waals surface area contributed by atoms with Gasteiger partial charge in [0.2, 0.25) is 0 Å². The normalized spacial score (nSPS) is 13.3. The van der Waals surface area contributed by atoms with Gasteiger partial charge in [-0.15, -0.1) is 0 Å². The fourth-order valence-electron chi connectivity index (χ4n) is 0.510. The van der Waals surface area contributed by atoms with Crippen LogP contribution >= 0.6 is 0 Å². The van der Waals surface area contributed by atoms with E-state index in [1.165, 1.54) is 12.8 Å². The Morgan fingerprint density at radius 1 is 0.778 bits per heavy atom. The van der Waals surface area contributed by atoms with Crippen molar-refractivity contribution >= 4 is 0 Å². The summed E-state index contributed by atoms with van der Waals surface area (Å²) in [5, 5.41) is 0. The molecular weight excluding hydrogens is 142 g/mol. The Morgan fingerprint density at radius 2 is 1.11 bits per heavy atom. The average molecular weight is 152 g/mol. The van der Waals surface area contributed by atoms with E-state index in [2.05, 4.69) is 0 Å². The van der Waals surface area contributed by atoms with Crippen LogP contribution < -0.4 is 59.1 Å². The molecule has 1 aliphatic rings. The van der Waals surface area contributed by atoms with E-state index in [0.29, 0.717) is 0 Å². The van der Waals surface area contributed by atoms with Crippen LogP contribution in [0.2, 0.25) is 0 Å². The maximum Gasteiger partial charge on any atom is 1.00 e. The topological polar surface area (TPSA) is 69.2 Å². The molecule has 1 fully saturated rings. The standard InChI is InChI=1S/C4H8O.2Na.2H2O/c1-2-4-5-3-1;;;;/h1-4H2;;;2*1H2/q;2*+1;;/p-2. The van der Waals surface area contributed by atoms with Gasteiger partial charge in [-0.25, -0.2) is 0 Å². The molecule has 0 amide bonds. The molecule has 1 saturated heterocycles. The van der Waals surface area contributed by atoms with E-state index in [4.69, 9.17) is 4.74 Å². The first kappa shape index (κ1) is 22.4. The summed E-state index contributed by atoms with van der Waals surface area (Å²) in [6, 6.07) is 0. The summed E-state index contributed by atoms with van der Waals surface area (Å²) < 4.78 is 4.94. The van der Waals surface area contributed by atoms with Gasteiger partial charge in [0.05, 0.1) is 0 Å². The van der Waals surface area contributed by atoms with E-state index in [-0.39, 0.29) is 70.1 Å². The average Bonchev–Trinajstić information content (AvgIpc) is 1.76. The van der Waals surface area contributed by atoms with Crippen LogP contribution in [0.15, 0.2) is 0 Å². The minimum absolute atomic E-state index is 0. The Bertz CT molecular complexity index is 25.4. The van der Waals surface area contributed by atoms with Crippen molar-refractivity contribution in [1.29, 1.82) is 0 Å². The van der Waals surface area contributed by atoms with Gasteiger partial charge in [-0.2, -0.15) is 0 Å². The first-order valence-corrected chi connectivity index (χ1v) is 2.08. The van der Waals surface area contributed by atoms with Gasteiger partial charge in [-0.3, -0.25) is 0 Å². The zero-order valence-electron chi connectivity index (χ0n) is 6.13. The van der Waals surface area contributed by atoms with Crippen LogP contribution in [-0.2, 0) is 4.74 Å². The van der Waals surface area contributed by atoms with E-state index in [1.807, 2.05) is 0 Å². The van der Waals surface area contributed by atoms with Crippen molar-refractivity contribution in [3.05, 3.63) is 0 Å². The second-order valence-electron chi connectivity index (χ2n) is 1.32. The Hall–Kier alpha value is 1.88. The van der Waals surface area contributed by atoms with Gasteiger partial charge in [0, 0.05) is 13.2 Å². The van der Waals surface area contributed by atoms with Crippen LogP contribution in [0, 0.1) is 0 Å². The van der Waals surface area contributed by atoms with Crippen LogP contribution in [0.5, 0.6) is 0 Å². The van der Waals surface area contributed by atoms with Gasteiger partial charge in [0.25, 0.3) is 0 Å². The van der Waals surface area contributed by atoms with Gasteiger partial charge in [-0.1, -0.05) is 0 Å². The summed E-state index contributed by atoms with van der Waals surface area (Å²) in [4.78, 5) is 0. The van der Waals surface area contributed by atoms with Gasteiger partial charge in [-0.05, 0) is 12.8 Å². The fourth-order valence-corrected chi connectivity index (χ4v) is 0.510. The molecule has 3 nitrogen and oxygen atoms in total. The molecule has 0 aromatic heterocycles. The van der Waals surface area contributed by atoms with E-state index in [9.17, 15) is 0 Å². The molecule has 0 bridgehead atoms. The third kappa shape index (κ3) is 13.0. The summed E-state index contributed by atoms with van der Waals surface area (Å²) in [6.45, 7) is 2.00. The van der Waals surface area contributed by atoms with Crippen molar-refractivity contribution in [2.24, 2.45) is 0 Å². The predicted octanol–water partition coefficient (Wildman–Crippen LogP) is -5.55. The van der Waals surface area contributed by atoms with Gasteiger partial charge >= 0.3 is 59.1 Å². The monoisotopic (exact) mass is 152 g/mol. The summed E-state index contributed by atoms with van der Waals surface area (Å²) >= 11 is 0. The molecule has 46 valence electrons. The molecule has 0 atom stereocenters. The number of hydrogen-bond donors (Lipinski definition) is 0. The van der Waals surface area contributed by atoms with Gasteiger partial charge in [0.1, 0.15) is 0 Å². The second-order valence-corrected chi connectivity index (χ2v) is 1.32. The van der Waals surface area contributed by atoms with Crippen LogP contribution in [0.4, 0.5) is 0 Å². The molecule has 1 rings (SSSR count). The maximum absolute atomic E-state index is 4.94. The number of hydrogen-bond acceptors (Lipinski definition) is 3. The van der Waals surface area contributed by atoms with Crippen LogP contribution in [0.25, 0.3) is 0 Å². The summed E-state index contributed by atoms with van der Waals surface area (Å²) in [6.07, 6.45) is 2.56. The number of ether oxygens (including phenoxy) is 1. The molecule has 0 unspecified atom stereocenters. The quantitative estimate of drug-likeness (QED) is 0.325. The Labute approximate surface area is 99.7 Å². The number of rotatable bonds is 0. The Balaban J connectivity index is -0.0000000312. The predicted molar refractivity (Wildman–Crippen MR) is 23.9 cm³/mol. The molecule has 0 radical (unpaired) electrons. The fraction of sp³-hybridized carbons (Fsp3) is 1.00. The van der Waals surface area contributed by atoms with Crippen molar-refractivity contribution in [2.45, 2.75) is 12.8 Å². The molecule has 0 spiro atoms. The molecule has 1 aliphatic heterocycles.